The van der Waals surface area contributed by atoms with E-state index in [9.17, 15) is 0 Å². The average Bonchev–Trinajstić information content (AvgIpc) is 3.40. The maximum atomic E-state index is 6.36. The normalized spacial score (nSPS) is 21.3. The summed E-state index contributed by atoms with van der Waals surface area (Å²) in [6.07, 6.45) is 0.473. The summed E-state index contributed by atoms with van der Waals surface area (Å²) in [5.41, 5.74) is 4.14. The first-order valence-corrected chi connectivity index (χ1v) is 9.91. The van der Waals surface area contributed by atoms with Crippen LogP contribution in [0.2, 0.25) is 5.02 Å². The van der Waals surface area contributed by atoms with Crippen LogP contribution < -0.4 is 14.2 Å². The Balaban J connectivity index is 1.44. The molecule has 2 unspecified atom stereocenters. The van der Waals surface area contributed by atoms with Gasteiger partial charge in [-0.15, -0.1) is 0 Å². The molecule has 0 aliphatic carbocycles. The fourth-order valence-electron chi connectivity index (χ4n) is 4.15. The molecule has 0 bridgehead atoms. The zero-order chi connectivity index (χ0) is 19.4. The zero-order valence-corrected chi connectivity index (χ0v) is 16.2. The third-order valence-corrected chi connectivity index (χ3v) is 5.78. The van der Waals surface area contributed by atoms with E-state index in [0.29, 0.717) is 5.02 Å². The molecule has 6 heteroatoms. The van der Waals surface area contributed by atoms with Crippen LogP contribution in [0.5, 0.6) is 17.2 Å². The average molecular weight is 405 g/mol. The van der Waals surface area contributed by atoms with Crippen molar-refractivity contribution in [1.82, 2.24) is 5.01 Å². The van der Waals surface area contributed by atoms with Crippen molar-refractivity contribution in [2.45, 2.75) is 18.7 Å². The SMILES string of the molecule is Clc1ccc2c(c1)C1CC(c3ccc4c(c3)OCO4)=NN1C(c1ccccc1)O2. The summed E-state index contributed by atoms with van der Waals surface area (Å²) in [6, 6.07) is 22.0. The molecule has 3 heterocycles. The maximum Gasteiger partial charge on any atom is 0.231 e. The fraction of sp³-hybridized carbons (Fsp3) is 0.174. The van der Waals surface area contributed by atoms with Crippen LogP contribution in [0.4, 0.5) is 0 Å². The highest BCUT2D eigenvalue weighted by Gasteiger charge is 2.41. The molecule has 0 saturated heterocycles. The van der Waals surface area contributed by atoms with E-state index in [2.05, 4.69) is 12.1 Å². The molecule has 0 aromatic heterocycles. The molecule has 29 heavy (non-hydrogen) atoms. The van der Waals surface area contributed by atoms with E-state index in [1.807, 2.05) is 59.6 Å². The molecule has 3 aliphatic rings. The highest BCUT2D eigenvalue weighted by molar-refractivity contribution is 6.30. The molecule has 3 aromatic carbocycles. The van der Waals surface area contributed by atoms with Crippen molar-refractivity contribution in [2.24, 2.45) is 5.10 Å². The Morgan fingerprint density at radius 2 is 1.72 bits per heavy atom. The number of rotatable bonds is 2. The van der Waals surface area contributed by atoms with E-state index in [1.165, 1.54) is 0 Å². The van der Waals surface area contributed by atoms with Crippen LogP contribution in [0.25, 0.3) is 0 Å². The van der Waals surface area contributed by atoms with Gasteiger partial charge in [0.05, 0.1) is 11.8 Å². The number of hydrogen-bond acceptors (Lipinski definition) is 5. The lowest BCUT2D eigenvalue weighted by Gasteiger charge is -2.38. The van der Waals surface area contributed by atoms with Gasteiger partial charge in [0.15, 0.2) is 11.5 Å². The van der Waals surface area contributed by atoms with Crippen LogP contribution in [0.3, 0.4) is 0 Å². The molecule has 3 aliphatic heterocycles. The van der Waals surface area contributed by atoms with Crippen LogP contribution >= 0.6 is 11.6 Å². The number of ether oxygens (including phenoxy) is 3. The van der Waals surface area contributed by atoms with Crippen molar-refractivity contribution in [3.8, 4) is 17.2 Å². The van der Waals surface area contributed by atoms with Crippen molar-refractivity contribution >= 4 is 17.3 Å². The van der Waals surface area contributed by atoms with Crippen molar-refractivity contribution < 1.29 is 14.2 Å². The first-order valence-electron chi connectivity index (χ1n) is 9.53. The Labute approximate surface area is 173 Å². The summed E-state index contributed by atoms with van der Waals surface area (Å²) < 4.78 is 17.3. The summed E-state index contributed by atoms with van der Waals surface area (Å²) in [5, 5.41) is 7.72. The minimum absolute atomic E-state index is 0.0584. The van der Waals surface area contributed by atoms with E-state index in [-0.39, 0.29) is 19.1 Å². The lowest BCUT2D eigenvalue weighted by Crippen LogP contribution is -2.33. The quantitative estimate of drug-likeness (QED) is 0.580. The number of hydrazone groups is 1. The molecule has 6 rings (SSSR count). The molecular formula is C23H17ClN2O3. The maximum absolute atomic E-state index is 6.36. The van der Waals surface area contributed by atoms with Gasteiger partial charge in [-0.05, 0) is 36.4 Å². The number of nitrogens with zero attached hydrogens (tertiary/aromatic N) is 2. The number of hydrogen-bond donors (Lipinski definition) is 0. The third-order valence-electron chi connectivity index (χ3n) is 5.54. The smallest absolute Gasteiger partial charge is 0.231 e. The molecule has 0 fully saturated rings. The van der Waals surface area contributed by atoms with Crippen LogP contribution in [0.1, 0.15) is 35.4 Å². The van der Waals surface area contributed by atoms with Gasteiger partial charge in [0, 0.05) is 28.1 Å². The Morgan fingerprint density at radius 1 is 0.897 bits per heavy atom. The first kappa shape index (κ1) is 16.7. The van der Waals surface area contributed by atoms with E-state index >= 15 is 0 Å². The lowest BCUT2D eigenvalue weighted by atomic mass is 9.95. The lowest BCUT2D eigenvalue weighted by molar-refractivity contribution is -0.0190. The van der Waals surface area contributed by atoms with Crippen LogP contribution in [-0.4, -0.2) is 17.5 Å². The molecule has 0 saturated carbocycles. The predicted molar refractivity (Wildman–Crippen MR) is 110 cm³/mol. The van der Waals surface area contributed by atoms with Gasteiger partial charge in [-0.1, -0.05) is 41.9 Å². The van der Waals surface area contributed by atoms with E-state index in [4.69, 9.17) is 30.9 Å². The van der Waals surface area contributed by atoms with Crippen molar-refractivity contribution in [3.05, 3.63) is 88.4 Å². The largest absolute Gasteiger partial charge is 0.464 e. The Hall–Kier alpha value is -3.18. The predicted octanol–water partition coefficient (Wildman–Crippen LogP) is 5.31. The summed E-state index contributed by atoms with van der Waals surface area (Å²) in [4.78, 5) is 0. The second-order valence-corrected chi connectivity index (χ2v) is 7.71. The van der Waals surface area contributed by atoms with Crippen molar-refractivity contribution in [3.63, 3.8) is 0 Å². The second-order valence-electron chi connectivity index (χ2n) is 7.28. The van der Waals surface area contributed by atoms with Gasteiger partial charge < -0.3 is 14.2 Å². The number of halogens is 1. The fourth-order valence-corrected chi connectivity index (χ4v) is 4.33. The molecular weight excluding hydrogens is 388 g/mol. The summed E-state index contributed by atoms with van der Waals surface area (Å²) in [6.45, 7) is 0.260. The Morgan fingerprint density at radius 3 is 2.62 bits per heavy atom. The van der Waals surface area contributed by atoms with E-state index < -0.39 is 0 Å². The van der Waals surface area contributed by atoms with E-state index in [1.54, 1.807) is 0 Å². The standard InChI is InChI=1S/C23H17ClN2O3/c24-16-7-9-20-17(11-16)19-12-18(15-6-8-21-22(10-15)28-13-27-21)25-26(19)23(29-20)14-4-2-1-3-5-14/h1-11,19,23H,12-13H2. The minimum atomic E-state index is -0.290. The minimum Gasteiger partial charge on any atom is -0.464 e. The van der Waals surface area contributed by atoms with Crippen LogP contribution in [-0.2, 0) is 0 Å². The van der Waals surface area contributed by atoms with Gasteiger partial charge in [0.2, 0.25) is 13.0 Å². The van der Waals surface area contributed by atoms with Crippen LogP contribution in [0.15, 0.2) is 71.8 Å². The Bertz CT molecular complexity index is 1130. The van der Waals surface area contributed by atoms with Crippen molar-refractivity contribution in [1.29, 1.82) is 0 Å². The van der Waals surface area contributed by atoms with Gasteiger partial charge in [-0.2, -0.15) is 5.10 Å². The molecule has 0 radical (unpaired) electrons. The highest BCUT2D eigenvalue weighted by atomic mass is 35.5. The molecule has 0 amide bonds. The molecule has 0 N–H and O–H groups in total. The molecule has 3 aromatic rings. The number of fused-ring (bicyclic) bond motifs is 4. The van der Waals surface area contributed by atoms with Crippen molar-refractivity contribution in [2.75, 3.05) is 6.79 Å². The summed E-state index contributed by atoms with van der Waals surface area (Å²) in [5.74, 6) is 2.38. The highest BCUT2D eigenvalue weighted by Crippen LogP contribution is 2.48. The van der Waals surface area contributed by atoms with Gasteiger partial charge in [-0.3, -0.25) is 0 Å². The summed E-state index contributed by atoms with van der Waals surface area (Å²) >= 11 is 6.30. The monoisotopic (exact) mass is 404 g/mol. The number of benzene rings is 3. The van der Waals surface area contributed by atoms with Gasteiger partial charge in [-0.25, -0.2) is 5.01 Å². The first-order chi connectivity index (χ1) is 14.3. The van der Waals surface area contributed by atoms with Gasteiger partial charge >= 0.3 is 0 Å². The second kappa shape index (κ2) is 6.42. The molecule has 0 spiro atoms. The molecule has 5 nitrogen and oxygen atoms in total. The zero-order valence-electron chi connectivity index (χ0n) is 15.4. The van der Waals surface area contributed by atoms with Crippen LogP contribution in [0, 0.1) is 0 Å². The van der Waals surface area contributed by atoms with E-state index in [0.717, 1.165) is 46.1 Å². The van der Waals surface area contributed by atoms with Gasteiger partial charge in [0.1, 0.15) is 5.75 Å². The van der Waals surface area contributed by atoms with Gasteiger partial charge in [0.25, 0.3) is 0 Å². The molecule has 144 valence electrons. The molecule has 2 atom stereocenters. The third kappa shape index (κ3) is 2.73. The Kier molecular flexibility index (Phi) is 3.71. The topological polar surface area (TPSA) is 43.3 Å². The summed E-state index contributed by atoms with van der Waals surface area (Å²) in [7, 11) is 0.